The molecule has 74 valence electrons. The Kier molecular flexibility index (Phi) is 3.46. The van der Waals surface area contributed by atoms with Crippen LogP contribution in [0.4, 0.5) is 0 Å². The second-order valence-electron chi connectivity index (χ2n) is 3.25. The van der Waals surface area contributed by atoms with Crippen molar-refractivity contribution in [2.45, 2.75) is 20.0 Å². The molecule has 2 nitrogen and oxygen atoms in total. The molecule has 0 amide bonds. The Balaban J connectivity index is 2.89. The molecule has 1 unspecified atom stereocenters. The molecule has 0 N–H and O–H groups in total. The zero-order valence-electron chi connectivity index (χ0n) is 8.49. The molecule has 14 heavy (non-hydrogen) atoms. The van der Waals surface area contributed by atoms with Gasteiger partial charge >= 0.3 is 5.97 Å². The van der Waals surface area contributed by atoms with Gasteiger partial charge in [-0.15, -0.1) is 0 Å². The van der Waals surface area contributed by atoms with Crippen LogP contribution in [0.5, 0.6) is 0 Å². The number of ether oxygens (including phenoxy) is 1. The maximum atomic E-state index is 10.9. The second-order valence-corrected chi connectivity index (χ2v) is 3.25. The summed E-state index contributed by atoms with van der Waals surface area (Å²) in [6.07, 6.45) is -0.325. The van der Waals surface area contributed by atoms with Gasteiger partial charge in [-0.05, 0) is 18.1 Å². The fourth-order valence-corrected chi connectivity index (χ4v) is 1.25. The lowest BCUT2D eigenvalue weighted by molar-refractivity contribution is -0.144. The quantitative estimate of drug-likeness (QED) is 0.541. The maximum Gasteiger partial charge on any atom is 0.303 e. The summed E-state index contributed by atoms with van der Waals surface area (Å²) >= 11 is 0. The van der Waals surface area contributed by atoms with Crippen molar-refractivity contribution in [1.82, 2.24) is 0 Å². The Labute approximate surface area is 84.2 Å². The van der Waals surface area contributed by atoms with E-state index in [1.807, 2.05) is 37.3 Å². The van der Waals surface area contributed by atoms with Gasteiger partial charge in [0.05, 0.1) is 0 Å². The van der Waals surface area contributed by atoms with E-state index in [1.165, 1.54) is 6.92 Å². The van der Waals surface area contributed by atoms with Gasteiger partial charge in [-0.25, -0.2) is 0 Å². The summed E-state index contributed by atoms with van der Waals surface area (Å²) in [4.78, 5) is 10.9. The number of hydrogen-bond acceptors (Lipinski definition) is 2. The Bertz CT molecular complexity index is 327. The topological polar surface area (TPSA) is 26.3 Å². The van der Waals surface area contributed by atoms with Crippen molar-refractivity contribution in [2.24, 2.45) is 0 Å². The van der Waals surface area contributed by atoms with Crippen LogP contribution in [0, 0.1) is 0 Å². The summed E-state index contributed by atoms with van der Waals surface area (Å²) < 4.78 is 5.16. The summed E-state index contributed by atoms with van der Waals surface area (Å²) in [6, 6.07) is 9.58. The SMILES string of the molecule is C=C(C)C(OC(C)=O)c1ccccc1. The maximum absolute atomic E-state index is 10.9. The molecule has 0 aromatic heterocycles. The average molecular weight is 190 g/mol. The van der Waals surface area contributed by atoms with Gasteiger partial charge in [0.25, 0.3) is 0 Å². The van der Waals surface area contributed by atoms with Gasteiger partial charge in [0, 0.05) is 6.92 Å². The number of hydrogen-bond donors (Lipinski definition) is 0. The molecule has 0 heterocycles. The fourth-order valence-electron chi connectivity index (χ4n) is 1.25. The number of carbonyl (C=O) groups is 1. The molecule has 0 spiro atoms. The van der Waals surface area contributed by atoms with E-state index in [0.717, 1.165) is 11.1 Å². The predicted octanol–water partition coefficient (Wildman–Crippen LogP) is 2.87. The number of rotatable bonds is 3. The van der Waals surface area contributed by atoms with Crippen LogP contribution in [-0.4, -0.2) is 5.97 Å². The van der Waals surface area contributed by atoms with Crippen LogP contribution in [0.25, 0.3) is 0 Å². The van der Waals surface area contributed by atoms with Crippen LogP contribution in [0.2, 0.25) is 0 Å². The van der Waals surface area contributed by atoms with E-state index < -0.39 is 0 Å². The molecule has 1 aromatic carbocycles. The minimum Gasteiger partial charge on any atom is -0.453 e. The molecule has 1 rings (SSSR count). The molecule has 2 heteroatoms. The minimum absolute atomic E-state index is 0.290. The van der Waals surface area contributed by atoms with Crippen molar-refractivity contribution in [3.63, 3.8) is 0 Å². The Morgan fingerprint density at radius 3 is 2.29 bits per heavy atom. The van der Waals surface area contributed by atoms with Crippen molar-refractivity contribution < 1.29 is 9.53 Å². The minimum atomic E-state index is -0.325. The Morgan fingerprint density at radius 2 is 1.86 bits per heavy atom. The lowest BCUT2D eigenvalue weighted by Gasteiger charge is -2.17. The fraction of sp³-hybridized carbons (Fsp3) is 0.250. The first kappa shape index (κ1) is 10.5. The van der Waals surface area contributed by atoms with Gasteiger partial charge in [-0.3, -0.25) is 4.79 Å². The highest BCUT2D eigenvalue weighted by molar-refractivity contribution is 5.66. The average Bonchev–Trinajstić information content (AvgIpc) is 2.15. The molecule has 1 atom stereocenters. The monoisotopic (exact) mass is 190 g/mol. The first-order chi connectivity index (χ1) is 6.61. The van der Waals surface area contributed by atoms with Gasteiger partial charge in [0.15, 0.2) is 0 Å². The van der Waals surface area contributed by atoms with E-state index in [9.17, 15) is 4.79 Å². The van der Waals surface area contributed by atoms with Crippen LogP contribution < -0.4 is 0 Å². The largest absolute Gasteiger partial charge is 0.453 e. The van der Waals surface area contributed by atoms with E-state index in [0.29, 0.717) is 0 Å². The van der Waals surface area contributed by atoms with E-state index in [-0.39, 0.29) is 12.1 Å². The molecular weight excluding hydrogens is 176 g/mol. The molecule has 0 saturated heterocycles. The molecule has 0 radical (unpaired) electrons. The summed E-state index contributed by atoms with van der Waals surface area (Å²) in [7, 11) is 0. The molecular formula is C12H14O2. The number of esters is 1. The van der Waals surface area contributed by atoms with Crippen LogP contribution in [0.15, 0.2) is 42.5 Å². The summed E-state index contributed by atoms with van der Waals surface area (Å²) in [5.41, 5.74) is 1.78. The van der Waals surface area contributed by atoms with Crippen molar-refractivity contribution >= 4 is 5.97 Å². The smallest absolute Gasteiger partial charge is 0.303 e. The van der Waals surface area contributed by atoms with Gasteiger partial charge < -0.3 is 4.74 Å². The normalized spacial score (nSPS) is 11.9. The highest BCUT2D eigenvalue weighted by Gasteiger charge is 2.14. The van der Waals surface area contributed by atoms with Crippen LogP contribution in [0.3, 0.4) is 0 Å². The molecule has 0 aliphatic heterocycles. The van der Waals surface area contributed by atoms with Crippen LogP contribution in [-0.2, 0) is 9.53 Å². The Hall–Kier alpha value is -1.57. The summed E-state index contributed by atoms with van der Waals surface area (Å²) in [6.45, 7) is 7.06. The highest BCUT2D eigenvalue weighted by atomic mass is 16.5. The molecule has 0 saturated carbocycles. The van der Waals surface area contributed by atoms with Gasteiger partial charge in [0.2, 0.25) is 0 Å². The lowest BCUT2D eigenvalue weighted by Crippen LogP contribution is -2.09. The number of benzene rings is 1. The van der Waals surface area contributed by atoms with Crippen LogP contribution in [0.1, 0.15) is 25.5 Å². The molecule has 0 aliphatic carbocycles. The highest BCUT2D eigenvalue weighted by Crippen LogP contribution is 2.23. The third-order valence-corrected chi connectivity index (χ3v) is 1.83. The van der Waals surface area contributed by atoms with Gasteiger partial charge in [-0.1, -0.05) is 36.9 Å². The second kappa shape index (κ2) is 4.61. The predicted molar refractivity (Wildman–Crippen MR) is 55.8 cm³/mol. The van der Waals surface area contributed by atoms with Crippen LogP contribution >= 0.6 is 0 Å². The lowest BCUT2D eigenvalue weighted by atomic mass is 10.0. The standard InChI is InChI=1S/C12H14O2/c1-9(2)12(14-10(3)13)11-7-5-4-6-8-11/h4-8,12H,1H2,2-3H3. The van der Waals surface area contributed by atoms with Gasteiger partial charge in [-0.2, -0.15) is 0 Å². The van der Waals surface area contributed by atoms with E-state index in [2.05, 4.69) is 6.58 Å². The van der Waals surface area contributed by atoms with Crippen molar-refractivity contribution in [3.05, 3.63) is 48.0 Å². The molecule has 0 aliphatic rings. The van der Waals surface area contributed by atoms with E-state index in [4.69, 9.17) is 4.74 Å². The first-order valence-electron chi connectivity index (χ1n) is 4.49. The zero-order valence-corrected chi connectivity index (χ0v) is 8.49. The molecule has 0 bridgehead atoms. The van der Waals surface area contributed by atoms with Crippen molar-refractivity contribution in [2.75, 3.05) is 0 Å². The summed E-state index contributed by atoms with van der Waals surface area (Å²) in [5.74, 6) is -0.290. The summed E-state index contributed by atoms with van der Waals surface area (Å²) in [5, 5.41) is 0. The zero-order chi connectivity index (χ0) is 10.6. The third-order valence-electron chi connectivity index (χ3n) is 1.83. The first-order valence-corrected chi connectivity index (χ1v) is 4.49. The molecule has 1 aromatic rings. The van der Waals surface area contributed by atoms with Crippen molar-refractivity contribution in [1.29, 1.82) is 0 Å². The van der Waals surface area contributed by atoms with E-state index >= 15 is 0 Å². The third kappa shape index (κ3) is 2.73. The van der Waals surface area contributed by atoms with Crippen molar-refractivity contribution in [3.8, 4) is 0 Å². The Morgan fingerprint density at radius 1 is 1.29 bits per heavy atom. The molecule has 0 fully saturated rings. The van der Waals surface area contributed by atoms with Gasteiger partial charge in [0.1, 0.15) is 6.10 Å². The number of carbonyl (C=O) groups excluding carboxylic acids is 1. The van der Waals surface area contributed by atoms with E-state index in [1.54, 1.807) is 0 Å².